The fourth-order valence-corrected chi connectivity index (χ4v) is 2.88. The van der Waals surface area contributed by atoms with E-state index in [1.54, 1.807) is 0 Å². The lowest BCUT2D eigenvalue weighted by molar-refractivity contribution is -0.0146. The molecule has 1 saturated carbocycles. The fraction of sp³-hybridized carbons (Fsp3) is 1.00. The lowest BCUT2D eigenvalue weighted by Gasteiger charge is -2.28. The third-order valence-electron chi connectivity index (χ3n) is 4.09. The average molecular weight is 198 g/mol. The van der Waals surface area contributed by atoms with E-state index in [1.165, 1.54) is 25.7 Å². The van der Waals surface area contributed by atoms with E-state index in [-0.39, 0.29) is 5.60 Å². The van der Waals surface area contributed by atoms with Gasteiger partial charge in [-0.3, -0.25) is 0 Å². The van der Waals surface area contributed by atoms with Gasteiger partial charge in [0, 0.05) is 6.61 Å². The van der Waals surface area contributed by atoms with Gasteiger partial charge < -0.3 is 9.84 Å². The maximum absolute atomic E-state index is 10.4. The van der Waals surface area contributed by atoms with Crippen LogP contribution < -0.4 is 0 Å². The summed E-state index contributed by atoms with van der Waals surface area (Å²) in [7, 11) is 0. The highest BCUT2D eigenvalue weighted by atomic mass is 16.5. The molecule has 2 heteroatoms. The predicted octanol–water partition coefficient (Wildman–Crippen LogP) is 2.50. The van der Waals surface area contributed by atoms with Gasteiger partial charge in [0.1, 0.15) is 0 Å². The Morgan fingerprint density at radius 1 is 1.36 bits per heavy atom. The minimum Gasteiger partial charge on any atom is -0.390 e. The quantitative estimate of drug-likeness (QED) is 0.755. The van der Waals surface area contributed by atoms with Crippen LogP contribution in [0, 0.1) is 5.92 Å². The summed E-state index contributed by atoms with van der Waals surface area (Å²) in [5, 5.41) is 10.4. The highest BCUT2D eigenvalue weighted by molar-refractivity contribution is 4.90. The SMILES string of the molecule is CC1CCCC1(O)CCC1CCCO1. The van der Waals surface area contributed by atoms with Crippen LogP contribution in [0.25, 0.3) is 0 Å². The molecular weight excluding hydrogens is 176 g/mol. The van der Waals surface area contributed by atoms with Crippen LogP contribution in [0.15, 0.2) is 0 Å². The highest BCUT2D eigenvalue weighted by Crippen LogP contribution is 2.39. The topological polar surface area (TPSA) is 29.5 Å². The lowest BCUT2D eigenvalue weighted by atomic mass is 9.86. The Hall–Kier alpha value is -0.0800. The summed E-state index contributed by atoms with van der Waals surface area (Å²) in [4.78, 5) is 0. The normalized spacial score (nSPS) is 43.3. The second kappa shape index (κ2) is 4.19. The Labute approximate surface area is 86.6 Å². The molecule has 1 aliphatic carbocycles. The molecule has 1 N–H and O–H groups in total. The van der Waals surface area contributed by atoms with Gasteiger partial charge in [0.25, 0.3) is 0 Å². The molecule has 0 bridgehead atoms. The number of ether oxygens (including phenoxy) is 1. The Kier molecular flexibility index (Phi) is 3.13. The molecule has 0 spiro atoms. The zero-order valence-corrected chi connectivity index (χ0v) is 9.17. The van der Waals surface area contributed by atoms with Crippen LogP contribution in [0.2, 0.25) is 0 Å². The smallest absolute Gasteiger partial charge is 0.0674 e. The van der Waals surface area contributed by atoms with Crippen molar-refractivity contribution in [1.82, 2.24) is 0 Å². The van der Waals surface area contributed by atoms with E-state index in [4.69, 9.17) is 4.74 Å². The molecule has 2 nitrogen and oxygen atoms in total. The van der Waals surface area contributed by atoms with Crippen molar-refractivity contribution in [3.8, 4) is 0 Å². The molecule has 14 heavy (non-hydrogen) atoms. The summed E-state index contributed by atoms with van der Waals surface area (Å²) in [5.41, 5.74) is -0.369. The minimum atomic E-state index is -0.369. The fourth-order valence-electron chi connectivity index (χ4n) is 2.88. The molecule has 0 aromatic rings. The van der Waals surface area contributed by atoms with Gasteiger partial charge in [-0.1, -0.05) is 13.3 Å². The van der Waals surface area contributed by atoms with Crippen molar-refractivity contribution in [3.63, 3.8) is 0 Å². The van der Waals surface area contributed by atoms with E-state index in [0.29, 0.717) is 12.0 Å². The maximum atomic E-state index is 10.4. The first kappa shape index (κ1) is 10.4. The van der Waals surface area contributed by atoms with Gasteiger partial charge in [-0.25, -0.2) is 0 Å². The first-order valence-corrected chi connectivity index (χ1v) is 6.05. The Morgan fingerprint density at radius 3 is 2.79 bits per heavy atom. The average Bonchev–Trinajstić information content (AvgIpc) is 2.75. The van der Waals surface area contributed by atoms with E-state index in [1.807, 2.05) is 0 Å². The third-order valence-corrected chi connectivity index (χ3v) is 4.09. The molecule has 3 unspecified atom stereocenters. The van der Waals surface area contributed by atoms with E-state index in [2.05, 4.69) is 6.92 Å². The van der Waals surface area contributed by atoms with Crippen molar-refractivity contribution in [1.29, 1.82) is 0 Å². The Bertz CT molecular complexity index is 187. The first-order chi connectivity index (χ1) is 6.71. The molecule has 1 aliphatic heterocycles. The molecule has 2 fully saturated rings. The number of aliphatic hydroxyl groups is 1. The number of hydrogen-bond donors (Lipinski definition) is 1. The highest BCUT2D eigenvalue weighted by Gasteiger charge is 2.38. The second-order valence-electron chi connectivity index (χ2n) is 5.07. The lowest BCUT2D eigenvalue weighted by Crippen LogP contribution is -2.32. The number of rotatable bonds is 3. The molecule has 2 rings (SSSR count). The zero-order valence-electron chi connectivity index (χ0n) is 9.17. The molecule has 0 aromatic heterocycles. The second-order valence-corrected chi connectivity index (χ2v) is 5.07. The molecule has 0 aromatic carbocycles. The number of hydrogen-bond acceptors (Lipinski definition) is 2. The van der Waals surface area contributed by atoms with Gasteiger partial charge in [-0.15, -0.1) is 0 Å². The van der Waals surface area contributed by atoms with Crippen LogP contribution in [0.3, 0.4) is 0 Å². The van der Waals surface area contributed by atoms with Crippen molar-refractivity contribution in [2.45, 2.75) is 63.6 Å². The zero-order chi connectivity index (χ0) is 10.0. The van der Waals surface area contributed by atoms with Crippen molar-refractivity contribution in [2.75, 3.05) is 6.61 Å². The van der Waals surface area contributed by atoms with Gasteiger partial charge in [0.15, 0.2) is 0 Å². The molecule has 3 atom stereocenters. The molecular formula is C12H22O2. The summed E-state index contributed by atoms with van der Waals surface area (Å²) < 4.78 is 5.58. The molecule has 1 saturated heterocycles. The summed E-state index contributed by atoms with van der Waals surface area (Å²) >= 11 is 0. The van der Waals surface area contributed by atoms with Crippen molar-refractivity contribution in [3.05, 3.63) is 0 Å². The maximum Gasteiger partial charge on any atom is 0.0674 e. The summed E-state index contributed by atoms with van der Waals surface area (Å²) in [6.45, 7) is 3.11. The van der Waals surface area contributed by atoms with E-state index < -0.39 is 0 Å². The van der Waals surface area contributed by atoms with Gasteiger partial charge in [-0.05, 0) is 44.4 Å². The molecule has 1 heterocycles. The largest absolute Gasteiger partial charge is 0.390 e. The molecule has 0 radical (unpaired) electrons. The van der Waals surface area contributed by atoms with Crippen molar-refractivity contribution < 1.29 is 9.84 Å². The van der Waals surface area contributed by atoms with Gasteiger partial charge in [0.2, 0.25) is 0 Å². The van der Waals surface area contributed by atoms with Crippen LogP contribution in [0.4, 0.5) is 0 Å². The van der Waals surface area contributed by atoms with Crippen LogP contribution in [-0.2, 0) is 4.74 Å². The monoisotopic (exact) mass is 198 g/mol. The third kappa shape index (κ3) is 2.12. The standard InChI is InChI=1S/C12H22O2/c1-10-4-2-7-12(10,13)8-6-11-5-3-9-14-11/h10-11,13H,2-9H2,1H3. The van der Waals surface area contributed by atoms with Crippen LogP contribution in [-0.4, -0.2) is 23.4 Å². The van der Waals surface area contributed by atoms with Gasteiger partial charge in [0.05, 0.1) is 11.7 Å². The van der Waals surface area contributed by atoms with E-state index in [9.17, 15) is 5.11 Å². The van der Waals surface area contributed by atoms with Gasteiger partial charge in [-0.2, -0.15) is 0 Å². The van der Waals surface area contributed by atoms with E-state index in [0.717, 1.165) is 25.9 Å². The Balaban J connectivity index is 1.78. The minimum absolute atomic E-state index is 0.369. The first-order valence-electron chi connectivity index (χ1n) is 6.05. The molecule has 2 aliphatic rings. The van der Waals surface area contributed by atoms with Crippen molar-refractivity contribution in [2.24, 2.45) is 5.92 Å². The van der Waals surface area contributed by atoms with Crippen LogP contribution in [0.5, 0.6) is 0 Å². The van der Waals surface area contributed by atoms with Gasteiger partial charge >= 0.3 is 0 Å². The molecule has 82 valence electrons. The summed E-state index contributed by atoms with van der Waals surface area (Å²) in [6, 6.07) is 0. The predicted molar refractivity (Wildman–Crippen MR) is 56.2 cm³/mol. The van der Waals surface area contributed by atoms with Crippen LogP contribution >= 0.6 is 0 Å². The molecule has 0 amide bonds. The van der Waals surface area contributed by atoms with Crippen LogP contribution in [0.1, 0.15) is 51.9 Å². The van der Waals surface area contributed by atoms with Crippen molar-refractivity contribution >= 4 is 0 Å². The van der Waals surface area contributed by atoms with E-state index >= 15 is 0 Å². The summed E-state index contributed by atoms with van der Waals surface area (Å²) in [5.74, 6) is 0.490. The summed E-state index contributed by atoms with van der Waals surface area (Å²) in [6.07, 6.45) is 8.24. The Morgan fingerprint density at radius 2 is 2.21 bits per heavy atom.